The van der Waals surface area contributed by atoms with E-state index in [9.17, 15) is 0 Å². The SMILES string of the molecule is CC1=CC(c2ccc3c(c2)oc2c3c3ccc(C)cc3n2C2=C=CCCC=C2)=CCC1C1c2ccc(C)cc2N(c2ccccc2)C1C. The third kappa shape index (κ3) is 4.49. The third-order valence-corrected chi connectivity index (χ3v) is 10.9. The molecule has 3 heterocycles. The lowest BCUT2D eigenvalue weighted by atomic mass is 9.74. The highest BCUT2D eigenvalue weighted by atomic mass is 16.3. The van der Waals surface area contributed by atoms with Crippen molar-refractivity contribution in [3.05, 3.63) is 149 Å². The Morgan fingerprint density at radius 2 is 1.65 bits per heavy atom. The number of nitrogens with zero attached hydrogens (tertiary/aromatic N) is 2. The molecule has 3 nitrogen and oxygen atoms in total. The summed E-state index contributed by atoms with van der Waals surface area (Å²) >= 11 is 0. The van der Waals surface area contributed by atoms with E-state index < -0.39 is 0 Å². The van der Waals surface area contributed by atoms with Crippen LogP contribution in [0.5, 0.6) is 0 Å². The van der Waals surface area contributed by atoms with Gasteiger partial charge < -0.3 is 9.32 Å². The Bertz CT molecular complexity index is 2420. The van der Waals surface area contributed by atoms with Crippen molar-refractivity contribution in [1.82, 2.24) is 4.57 Å². The molecule has 0 N–H and O–H groups in total. The topological polar surface area (TPSA) is 21.3 Å². The molecule has 48 heavy (non-hydrogen) atoms. The Kier molecular flexibility index (Phi) is 6.74. The standard InChI is InChI=1S/C45H40N2O/c1-28-16-20-37-40(24-28)46(34-12-10-7-11-13-34)31(4)43(37)36-22-18-32(26-30(36)3)33-19-23-39-42(27-33)48-45-44(39)38-21-17-29(2)25-41(38)47(45)35-14-8-5-6-9-15-35/h7-14,16-21,23-27,31,36,43H,5-6,22H2,1-4H3. The van der Waals surface area contributed by atoms with E-state index >= 15 is 0 Å². The molecule has 4 aromatic carbocycles. The predicted octanol–water partition coefficient (Wildman–Crippen LogP) is 12.2. The van der Waals surface area contributed by atoms with Gasteiger partial charge in [0.2, 0.25) is 5.71 Å². The first-order valence-electron chi connectivity index (χ1n) is 17.4. The largest absolute Gasteiger partial charge is 0.439 e. The number of para-hydroxylation sites is 1. The van der Waals surface area contributed by atoms with Crippen LogP contribution >= 0.6 is 0 Å². The second kappa shape index (κ2) is 11.2. The summed E-state index contributed by atoms with van der Waals surface area (Å²) in [5.74, 6) is 0.860. The molecule has 3 atom stereocenters. The van der Waals surface area contributed by atoms with Crippen molar-refractivity contribution in [2.45, 2.75) is 58.9 Å². The number of hydrogen-bond acceptors (Lipinski definition) is 2. The predicted molar refractivity (Wildman–Crippen MR) is 202 cm³/mol. The van der Waals surface area contributed by atoms with Gasteiger partial charge in [0, 0.05) is 34.1 Å². The Labute approximate surface area is 282 Å². The van der Waals surface area contributed by atoms with Gasteiger partial charge in [0.05, 0.1) is 16.6 Å². The molecule has 6 aromatic rings. The fourth-order valence-electron chi connectivity index (χ4n) is 8.59. The molecule has 2 aromatic heterocycles. The number of aromatic nitrogens is 1. The van der Waals surface area contributed by atoms with E-state index in [0.717, 1.165) is 41.6 Å². The van der Waals surface area contributed by atoms with Crippen LogP contribution in [-0.2, 0) is 0 Å². The lowest BCUT2D eigenvalue weighted by Gasteiger charge is -2.33. The molecule has 0 spiro atoms. The molecule has 3 unspecified atom stereocenters. The van der Waals surface area contributed by atoms with Crippen LogP contribution in [0.2, 0.25) is 0 Å². The first-order chi connectivity index (χ1) is 23.5. The van der Waals surface area contributed by atoms with Gasteiger partial charge in [0.15, 0.2) is 0 Å². The lowest BCUT2D eigenvalue weighted by Crippen LogP contribution is -2.31. The van der Waals surface area contributed by atoms with Gasteiger partial charge in [-0.15, -0.1) is 0 Å². The number of furan rings is 1. The summed E-state index contributed by atoms with van der Waals surface area (Å²) in [4.78, 5) is 2.56. The molecule has 3 aliphatic rings. The smallest absolute Gasteiger partial charge is 0.214 e. The van der Waals surface area contributed by atoms with Crippen LogP contribution < -0.4 is 4.90 Å². The van der Waals surface area contributed by atoms with Crippen molar-refractivity contribution in [3.63, 3.8) is 0 Å². The Balaban J connectivity index is 1.09. The summed E-state index contributed by atoms with van der Waals surface area (Å²) in [6, 6.07) is 31.8. The maximum atomic E-state index is 6.78. The fourth-order valence-corrected chi connectivity index (χ4v) is 8.59. The van der Waals surface area contributed by atoms with Gasteiger partial charge in [-0.05, 0) is 129 Å². The lowest BCUT2D eigenvalue weighted by molar-refractivity contribution is 0.445. The van der Waals surface area contributed by atoms with Crippen molar-refractivity contribution in [3.8, 4) is 0 Å². The summed E-state index contributed by atoms with van der Waals surface area (Å²) in [5, 5.41) is 3.55. The Morgan fingerprint density at radius 3 is 2.50 bits per heavy atom. The van der Waals surface area contributed by atoms with E-state index in [0.29, 0.717) is 17.9 Å². The first-order valence-corrected chi connectivity index (χ1v) is 17.4. The van der Waals surface area contributed by atoms with Crippen molar-refractivity contribution < 1.29 is 4.42 Å². The average Bonchev–Trinajstić information content (AvgIpc) is 3.60. The summed E-state index contributed by atoms with van der Waals surface area (Å²) < 4.78 is 9.04. The van der Waals surface area contributed by atoms with Crippen LogP contribution in [0.3, 0.4) is 0 Å². The van der Waals surface area contributed by atoms with Gasteiger partial charge >= 0.3 is 0 Å². The molecule has 0 saturated carbocycles. The van der Waals surface area contributed by atoms with Gasteiger partial charge in [0.1, 0.15) is 5.58 Å². The van der Waals surface area contributed by atoms with Gasteiger partial charge in [0.25, 0.3) is 0 Å². The second-order valence-electron chi connectivity index (χ2n) is 14.0. The van der Waals surface area contributed by atoms with Gasteiger partial charge in [-0.2, -0.15) is 0 Å². The molecule has 2 aliphatic carbocycles. The van der Waals surface area contributed by atoms with Crippen LogP contribution in [0.25, 0.3) is 44.2 Å². The highest BCUT2D eigenvalue weighted by Gasteiger charge is 2.41. The third-order valence-electron chi connectivity index (χ3n) is 10.9. The maximum Gasteiger partial charge on any atom is 0.214 e. The van der Waals surface area contributed by atoms with Crippen LogP contribution in [0.4, 0.5) is 11.4 Å². The molecule has 0 bridgehead atoms. The maximum absolute atomic E-state index is 6.78. The number of benzene rings is 4. The minimum absolute atomic E-state index is 0.359. The molecule has 1 aliphatic heterocycles. The van der Waals surface area contributed by atoms with E-state index in [1.54, 1.807) is 0 Å². The fraction of sp³-hybridized carbons (Fsp3) is 0.222. The summed E-state index contributed by atoms with van der Waals surface area (Å²) in [7, 11) is 0. The highest BCUT2D eigenvalue weighted by Crippen LogP contribution is 2.52. The van der Waals surface area contributed by atoms with Crippen molar-refractivity contribution in [2.75, 3.05) is 4.90 Å². The van der Waals surface area contributed by atoms with Crippen LogP contribution in [-0.4, -0.2) is 10.6 Å². The molecule has 0 fully saturated rings. The number of rotatable bonds is 4. The van der Waals surface area contributed by atoms with E-state index in [-0.39, 0.29) is 0 Å². The summed E-state index contributed by atoms with van der Waals surface area (Å²) in [6.07, 6.45) is 14.5. The summed E-state index contributed by atoms with van der Waals surface area (Å²) in [6.45, 7) is 9.09. The monoisotopic (exact) mass is 624 g/mol. The average molecular weight is 625 g/mol. The minimum Gasteiger partial charge on any atom is -0.439 e. The zero-order valence-electron chi connectivity index (χ0n) is 28.1. The van der Waals surface area contributed by atoms with Gasteiger partial charge in [-0.3, -0.25) is 4.57 Å². The zero-order valence-corrected chi connectivity index (χ0v) is 28.1. The van der Waals surface area contributed by atoms with E-state index in [2.05, 4.69) is 158 Å². The van der Waals surface area contributed by atoms with Crippen molar-refractivity contribution in [2.24, 2.45) is 5.92 Å². The number of anilines is 2. The molecule has 0 radical (unpaired) electrons. The molecule has 3 heteroatoms. The zero-order chi connectivity index (χ0) is 32.5. The van der Waals surface area contributed by atoms with Gasteiger partial charge in [-0.1, -0.05) is 78.1 Å². The number of fused-ring (bicyclic) bond motifs is 6. The highest BCUT2D eigenvalue weighted by molar-refractivity contribution is 6.20. The second-order valence-corrected chi connectivity index (χ2v) is 14.0. The quantitative estimate of drug-likeness (QED) is 0.182. The number of aryl methyl sites for hydroxylation is 2. The number of hydrogen-bond donors (Lipinski definition) is 0. The molecule has 236 valence electrons. The summed E-state index contributed by atoms with van der Waals surface area (Å²) in [5.41, 5.74) is 18.1. The molecule has 9 rings (SSSR count). The van der Waals surface area contributed by atoms with Crippen LogP contribution in [0, 0.1) is 19.8 Å². The first kappa shape index (κ1) is 28.9. The van der Waals surface area contributed by atoms with Crippen molar-refractivity contribution >= 4 is 55.6 Å². The molecule has 0 saturated heterocycles. The van der Waals surface area contributed by atoms with E-state index in [4.69, 9.17) is 4.42 Å². The van der Waals surface area contributed by atoms with Gasteiger partial charge in [-0.25, -0.2) is 0 Å². The van der Waals surface area contributed by atoms with Crippen molar-refractivity contribution in [1.29, 1.82) is 0 Å². The van der Waals surface area contributed by atoms with E-state index in [1.165, 1.54) is 61.1 Å². The number of allylic oxidation sites excluding steroid dienone is 7. The minimum atomic E-state index is 0.359. The van der Waals surface area contributed by atoms with Crippen LogP contribution in [0.15, 0.2) is 131 Å². The molecular weight excluding hydrogens is 585 g/mol. The van der Waals surface area contributed by atoms with E-state index in [1.807, 2.05) is 0 Å². The molecular formula is C45H40N2O. The Hall–Kier alpha value is -5.24. The van der Waals surface area contributed by atoms with Crippen LogP contribution in [0.1, 0.15) is 61.3 Å². The molecule has 0 amide bonds. The Morgan fingerprint density at radius 1 is 0.833 bits per heavy atom. The normalized spacial score (nSPS) is 20.7.